The van der Waals surface area contributed by atoms with Crippen LogP contribution in [0.3, 0.4) is 0 Å². The van der Waals surface area contributed by atoms with Gasteiger partial charge in [0.25, 0.3) is 10.1 Å². The summed E-state index contributed by atoms with van der Waals surface area (Å²) in [4.78, 5) is -0.0666. The monoisotopic (exact) mass is 444 g/mol. The van der Waals surface area contributed by atoms with Crippen molar-refractivity contribution in [1.29, 1.82) is 0 Å². The zero-order valence-corrected chi connectivity index (χ0v) is 18.2. The molecule has 0 fully saturated rings. The highest BCUT2D eigenvalue weighted by Crippen LogP contribution is 2.08. The van der Waals surface area contributed by atoms with Crippen molar-refractivity contribution in [1.82, 2.24) is 0 Å². The Labute approximate surface area is 183 Å². The summed E-state index contributed by atoms with van der Waals surface area (Å²) in [5, 5.41) is 9.76. The van der Waals surface area contributed by atoms with Gasteiger partial charge < -0.3 is 14.6 Å². The molecule has 0 saturated carbocycles. The fourth-order valence-corrected chi connectivity index (χ4v) is 3.01. The molecule has 0 aromatic heterocycles. The van der Waals surface area contributed by atoms with Crippen LogP contribution < -0.4 is 0 Å². The van der Waals surface area contributed by atoms with E-state index in [-0.39, 0.29) is 18.1 Å². The highest BCUT2D eigenvalue weighted by atomic mass is 32.2. The Kier molecular flexibility index (Phi) is 10.4. The summed E-state index contributed by atoms with van der Waals surface area (Å²) in [6.07, 6.45) is -0.595. The molecule has 0 unspecified atom stereocenters. The standard InChI is InChI=1S/C17H20O3.C7H8O3S/c18-17(13-19-11-15-7-3-1-4-8-15)14-20-12-16-9-5-2-6-10-16;1-6-2-4-7(5-3-6)11(8,9)10/h1-10,17-18H,11-14H2;2-5H,1H3,(H,8,9,10). The Balaban J connectivity index is 0.000000262. The maximum atomic E-state index is 10.5. The average molecular weight is 445 g/mol. The third kappa shape index (κ3) is 10.3. The van der Waals surface area contributed by atoms with Gasteiger partial charge in [-0.2, -0.15) is 8.42 Å². The lowest BCUT2D eigenvalue weighted by Gasteiger charge is -2.12. The zero-order chi connectivity index (χ0) is 22.5. The molecule has 0 aliphatic carbocycles. The van der Waals surface area contributed by atoms with Crippen molar-refractivity contribution in [2.75, 3.05) is 13.2 Å². The minimum absolute atomic E-state index is 0.0666. The van der Waals surface area contributed by atoms with Crippen molar-refractivity contribution in [3.63, 3.8) is 0 Å². The number of ether oxygens (including phenoxy) is 2. The van der Waals surface area contributed by atoms with Gasteiger partial charge >= 0.3 is 0 Å². The third-order valence-corrected chi connectivity index (χ3v) is 5.03. The topological polar surface area (TPSA) is 93.1 Å². The molecule has 0 bridgehead atoms. The first-order chi connectivity index (χ1) is 14.8. The van der Waals surface area contributed by atoms with Gasteiger partial charge in [0.1, 0.15) is 6.10 Å². The van der Waals surface area contributed by atoms with Crippen molar-refractivity contribution in [2.45, 2.75) is 31.1 Å². The van der Waals surface area contributed by atoms with E-state index in [9.17, 15) is 13.5 Å². The minimum atomic E-state index is -4.02. The SMILES string of the molecule is Cc1ccc(S(=O)(=O)O)cc1.OC(COCc1ccccc1)COCc1ccccc1. The number of aliphatic hydroxyl groups excluding tert-OH is 1. The molecular formula is C24H28O6S. The highest BCUT2D eigenvalue weighted by Gasteiger charge is 2.07. The summed E-state index contributed by atoms with van der Waals surface area (Å²) in [5.74, 6) is 0. The van der Waals surface area contributed by atoms with Crippen molar-refractivity contribution in [3.05, 3.63) is 102 Å². The summed E-state index contributed by atoms with van der Waals surface area (Å²) >= 11 is 0. The van der Waals surface area contributed by atoms with Crippen LogP contribution >= 0.6 is 0 Å². The van der Waals surface area contributed by atoms with Crippen LogP contribution in [0, 0.1) is 6.92 Å². The lowest BCUT2D eigenvalue weighted by molar-refractivity contribution is -0.0276. The lowest BCUT2D eigenvalue weighted by atomic mass is 10.2. The van der Waals surface area contributed by atoms with Gasteiger partial charge in [0.05, 0.1) is 31.3 Å². The second kappa shape index (κ2) is 13.0. The summed E-state index contributed by atoms with van der Waals surface area (Å²) in [6.45, 7) is 3.42. The van der Waals surface area contributed by atoms with Crippen LogP contribution in [-0.4, -0.2) is 37.4 Å². The highest BCUT2D eigenvalue weighted by molar-refractivity contribution is 7.85. The zero-order valence-electron chi connectivity index (χ0n) is 17.4. The normalized spacial score (nSPS) is 11.1. The summed E-state index contributed by atoms with van der Waals surface area (Å²) in [7, 11) is -4.02. The summed E-state index contributed by atoms with van der Waals surface area (Å²) < 4.78 is 40.5. The van der Waals surface area contributed by atoms with Crippen LogP contribution in [-0.2, 0) is 32.8 Å². The number of aliphatic hydroxyl groups is 1. The largest absolute Gasteiger partial charge is 0.388 e. The molecule has 0 amide bonds. The minimum Gasteiger partial charge on any atom is -0.388 e. The van der Waals surface area contributed by atoms with Crippen LogP contribution in [0.25, 0.3) is 0 Å². The van der Waals surface area contributed by atoms with Crippen molar-refractivity contribution < 1.29 is 27.6 Å². The second-order valence-electron chi connectivity index (χ2n) is 6.94. The molecule has 7 heteroatoms. The van der Waals surface area contributed by atoms with Gasteiger partial charge in [-0.15, -0.1) is 0 Å². The molecule has 0 heterocycles. The summed E-state index contributed by atoms with van der Waals surface area (Å²) in [5.41, 5.74) is 3.16. The first-order valence-corrected chi connectivity index (χ1v) is 11.2. The molecular weight excluding hydrogens is 416 g/mol. The van der Waals surface area contributed by atoms with Gasteiger partial charge in [-0.1, -0.05) is 78.4 Å². The van der Waals surface area contributed by atoms with Gasteiger partial charge in [-0.3, -0.25) is 4.55 Å². The molecule has 0 atom stereocenters. The Morgan fingerprint density at radius 2 is 1.16 bits per heavy atom. The van der Waals surface area contributed by atoms with E-state index in [1.807, 2.05) is 67.6 Å². The van der Waals surface area contributed by atoms with Gasteiger partial charge in [0, 0.05) is 0 Å². The molecule has 6 nitrogen and oxygen atoms in total. The maximum absolute atomic E-state index is 10.5. The van der Waals surface area contributed by atoms with Crippen LogP contribution in [0.15, 0.2) is 89.8 Å². The van der Waals surface area contributed by atoms with Crippen molar-refractivity contribution >= 4 is 10.1 Å². The molecule has 166 valence electrons. The molecule has 3 rings (SSSR count). The molecule has 3 aromatic rings. The Hall–Kier alpha value is -2.55. The van der Waals surface area contributed by atoms with Gasteiger partial charge in [0.15, 0.2) is 0 Å². The molecule has 0 spiro atoms. The quantitative estimate of drug-likeness (QED) is 0.484. The first kappa shape index (κ1) is 24.7. The second-order valence-corrected chi connectivity index (χ2v) is 8.36. The fraction of sp³-hybridized carbons (Fsp3) is 0.250. The first-order valence-electron chi connectivity index (χ1n) is 9.80. The number of aryl methyl sites for hydroxylation is 1. The van der Waals surface area contributed by atoms with E-state index in [1.54, 1.807) is 12.1 Å². The Morgan fingerprint density at radius 3 is 1.55 bits per heavy atom. The predicted octanol–water partition coefficient (Wildman–Crippen LogP) is 4.02. The van der Waals surface area contributed by atoms with E-state index in [4.69, 9.17) is 14.0 Å². The predicted molar refractivity (Wildman–Crippen MR) is 119 cm³/mol. The van der Waals surface area contributed by atoms with Gasteiger partial charge in [0.2, 0.25) is 0 Å². The number of hydrogen-bond donors (Lipinski definition) is 2. The molecule has 0 aliphatic heterocycles. The number of hydrogen-bond acceptors (Lipinski definition) is 5. The van der Waals surface area contributed by atoms with Gasteiger partial charge in [-0.25, -0.2) is 0 Å². The molecule has 3 aromatic carbocycles. The maximum Gasteiger partial charge on any atom is 0.294 e. The average Bonchev–Trinajstić information content (AvgIpc) is 2.75. The molecule has 2 N–H and O–H groups in total. The van der Waals surface area contributed by atoms with Crippen LogP contribution in [0.4, 0.5) is 0 Å². The Bertz CT molecular complexity index is 928. The van der Waals surface area contributed by atoms with E-state index >= 15 is 0 Å². The van der Waals surface area contributed by atoms with E-state index in [0.29, 0.717) is 13.2 Å². The Morgan fingerprint density at radius 1 is 0.742 bits per heavy atom. The number of benzene rings is 3. The molecule has 0 radical (unpaired) electrons. The van der Waals surface area contributed by atoms with Gasteiger partial charge in [-0.05, 0) is 30.2 Å². The van der Waals surface area contributed by atoms with Crippen LogP contribution in [0.1, 0.15) is 16.7 Å². The van der Waals surface area contributed by atoms with E-state index in [2.05, 4.69) is 0 Å². The van der Waals surface area contributed by atoms with E-state index < -0.39 is 16.2 Å². The lowest BCUT2D eigenvalue weighted by Crippen LogP contribution is -2.21. The van der Waals surface area contributed by atoms with Crippen molar-refractivity contribution in [3.8, 4) is 0 Å². The number of rotatable bonds is 9. The summed E-state index contributed by atoms with van der Waals surface area (Å²) in [6, 6.07) is 25.8. The molecule has 0 saturated heterocycles. The van der Waals surface area contributed by atoms with Crippen LogP contribution in [0.5, 0.6) is 0 Å². The molecule has 31 heavy (non-hydrogen) atoms. The third-order valence-electron chi connectivity index (χ3n) is 4.16. The fourth-order valence-electron chi connectivity index (χ4n) is 2.53. The smallest absolute Gasteiger partial charge is 0.294 e. The molecule has 0 aliphatic rings. The van der Waals surface area contributed by atoms with Crippen molar-refractivity contribution in [2.24, 2.45) is 0 Å². The van der Waals surface area contributed by atoms with Crippen LogP contribution in [0.2, 0.25) is 0 Å². The van der Waals surface area contributed by atoms with E-state index in [0.717, 1.165) is 16.7 Å². The van der Waals surface area contributed by atoms with E-state index in [1.165, 1.54) is 12.1 Å².